The third kappa shape index (κ3) is 4.41. The van der Waals surface area contributed by atoms with Crippen molar-refractivity contribution in [2.45, 2.75) is 51.6 Å². The van der Waals surface area contributed by atoms with E-state index >= 15 is 0 Å². The fraction of sp³-hybridized carbons (Fsp3) is 1.00. The molecule has 4 heteroatoms. The topological polar surface area (TPSA) is 12.0 Å². The Morgan fingerprint density at radius 2 is 1.93 bits per heavy atom. The van der Waals surface area contributed by atoms with Crippen LogP contribution in [0.3, 0.4) is 0 Å². The lowest BCUT2D eigenvalue weighted by Crippen LogP contribution is -2.39. The van der Waals surface area contributed by atoms with Gasteiger partial charge < -0.3 is 5.32 Å². The lowest BCUT2D eigenvalue weighted by atomic mass is 9.67. The molecule has 1 rings (SSSR count). The molecule has 1 aliphatic carbocycles. The maximum absolute atomic E-state index is 11.8. The van der Waals surface area contributed by atoms with Crippen molar-refractivity contribution in [1.29, 1.82) is 0 Å². The molecule has 0 atom stereocenters. The summed E-state index contributed by atoms with van der Waals surface area (Å²) < 4.78 is 35.5. The van der Waals surface area contributed by atoms with E-state index in [1.165, 1.54) is 19.3 Å². The minimum absolute atomic E-state index is 0.198. The van der Waals surface area contributed by atoms with Crippen LogP contribution in [0, 0.1) is 5.41 Å². The number of rotatable bonds is 6. The van der Waals surface area contributed by atoms with E-state index in [9.17, 15) is 13.2 Å². The molecule has 1 nitrogen and oxygen atoms in total. The highest BCUT2D eigenvalue weighted by Gasteiger charge is 2.34. The van der Waals surface area contributed by atoms with Gasteiger partial charge in [-0.2, -0.15) is 13.2 Å². The number of alkyl halides is 3. The molecule has 0 aromatic heterocycles. The average Bonchev–Trinajstić information content (AvgIpc) is 2.06. The van der Waals surface area contributed by atoms with E-state index in [0.29, 0.717) is 12.0 Å². The molecule has 0 spiro atoms. The molecular formula is C11H20F3N. The van der Waals surface area contributed by atoms with E-state index in [1.54, 1.807) is 0 Å². The van der Waals surface area contributed by atoms with Crippen LogP contribution >= 0.6 is 0 Å². The largest absolute Gasteiger partial charge is 0.389 e. The number of halogens is 3. The van der Waals surface area contributed by atoms with Crippen LogP contribution in [0.5, 0.6) is 0 Å². The number of nitrogens with one attached hydrogen (secondary N) is 1. The average molecular weight is 223 g/mol. The Hall–Kier alpha value is -0.250. The van der Waals surface area contributed by atoms with Crippen molar-refractivity contribution in [3.63, 3.8) is 0 Å². The fourth-order valence-electron chi connectivity index (χ4n) is 2.10. The van der Waals surface area contributed by atoms with Crippen LogP contribution in [0.1, 0.15) is 45.4 Å². The van der Waals surface area contributed by atoms with Crippen LogP contribution in [0.2, 0.25) is 0 Å². The lowest BCUT2D eigenvalue weighted by Gasteiger charge is -2.41. The van der Waals surface area contributed by atoms with Crippen LogP contribution in [-0.2, 0) is 0 Å². The van der Waals surface area contributed by atoms with Crippen molar-refractivity contribution in [1.82, 2.24) is 5.32 Å². The highest BCUT2D eigenvalue weighted by Crippen LogP contribution is 2.42. The second kappa shape index (κ2) is 5.19. The monoisotopic (exact) mass is 223 g/mol. The van der Waals surface area contributed by atoms with Crippen molar-refractivity contribution < 1.29 is 13.2 Å². The van der Waals surface area contributed by atoms with Crippen LogP contribution in [-0.4, -0.2) is 19.3 Å². The Labute approximate surface area is 89.4 Å². The molecule has 1 fully saturated rings. The van der Waals surface area contributed by atoms with Gasteiger partial charge in [0.25, 0.3) is 0 Å². The molecular weight excluding hydrogens is 203 g/mol. The van der Waals surface area contributed by atoms with Gasteiger partial charge in [0.05, 0.1) is 0 Å². The van der Waals surface area contributed by atoms with Gasteiger partial charge in [-0.15, -0.1) is 0 Å². The molecule has 0 bridgehead atoms. The van der Waals surface area contributed by atoms with Crippen LogP contribution in [0.4, 0.5) is 13.2 Å². The fourth-order valence-corrected chi connectivity index (χ4v) is 2.10. The molecule has 0 saturated heterocycles. The van der Waals surface area contributed by atoms with Crippen LogP contribution in [0.15, 0.2) is 0 Å². The summed E-state index contributed by atoms with van der Waals surface area (Å²) in [5.41, 5.74) is 0.401. The Balaban J connectivity index is 2.02. The zero-order valence-corrected chi connectivity index (χ0v) is 9.29. The van der Waals surface area contributed by atoms with Gasteiger partial charge in [0.2, 0.25) is 0 Å². The lowest BCUT2D eigenvalue weighted by molar-refractivity contribution is -0.135. The Kier molecular flexibility index (Phi) is 4.44. The molecule has 0 radical (unpaired) electrons. The Bertz CT molecular complexity index is 179. The van der Waals surface area contributed by atoms with Gasteiger partial charge in [0, 0.05) is 13.0 Å². The standard InChI is InChI=1S/C11H20F3N/c1-2-10(5-3-6-10)9-15-8-4-7-11(12,13)14/h15H,2-9H2,1H3. The van der Waals surface area contributed by atoms with E-state index in [2.05, 4.69) is 12.2 Å². The molecule has 1 aliphatic rings. The first-order valence-electron chi connectivity index (χ1n) is 5.75. The van der Waals surface area contributed by atoms with E-state index in [1.807, 2.05) is 0 Å². The first kappa shape index (κ1) is 12.8. The van der Waals surface area contributed by atoms with Crippen LogP contribution < -0.4 is 5.32 Å². The quantitative estimate of drug-likeness (QED) is 0.679. The molecule has 0 amide bonds. The minimum Gasteiger partial charge on any atom is -0.316 e. The Morgan fingerprint density at radius 1 is 1.27 bits per heavy atom. The molecule has 0 aromatic rings. The van der Waals surface area contributed by atoms with E-state index in [-0.39, 0.29) is 6.42 Å². The van der Waals surface area contributed by atoms with Gasteiger partial charge >= 0.3 is 6.18 Å². The molecule has 0 aromatic carbocycles. The molecule has 0 heterocycles. The molecule has 90 valence electrons. The first-order valence-corrected chi connectivity index (χ1v) is 5.75. The maximum Gasteiger partial charge on any atom is 0.389 e. The summed E-state index contributed by atoms with van der Waals surface area (Å²) in [4.78, 5) is 0. The van der Waals surface area contributed by atoms with Crippen molar-refractivity contribution in [2.75, 3.05) is 13.1 Å². The van der Waals surface area contributed by atoms with Gasteiger partial charge in [0.1, 0.15) is 0 Å². The van der Waals surface area contributed by atoms with Crippen molar-refractivity contribution in [3.05, 3.63) is 0 Å². The smallest absolute Gasteiger partial charge is 0.316 e. The molecule has 0 unspecified atom stereocenters. The predicted molar refractivity (Wildman–Crippen MR) is 54.7 cm³/mol. The molecule has 0 aliphatic heterocycles. The van der Waals surface area contributed by atoms with E-state index < -0.39 is 12.6 Å². The summed E-state index contributed by atoms with van der Waals surface area (Å²) in [5.74, 6) is 0. The van der Waals surface area contributed by atoms with Gasteiger partial charge in [0.15, 0.2) is 0 Å². The maximum atomic E-state index is 11.8. The second-order valence-electron chi connectivity index (χ2n) is 4.60. The van der Waals surface area contributed by atoms with Crippen molar-refractivity contribution in [2.24, 2.45) is 5.41 Å². The predicted octanol–water partition coefficient (Wildman–Crippen LogP) is 3.50. The third-order valence-corrected chi connectivity index (χ3v) is 3.48. The molecule has 15 heavy (non-hydrogen) atoms. The summed E-state index contributed by atoms with van der Waals surface area (Å²) in [6, 6.07) is 0. The molecule has 1 saturated carbocycles. The Morgan fingerprint density at radius 3 is 2.33 bits per heavy atom. The first-order chi connectivity index (χ1) is 6.97. The zero-order chi connectivity index (χ0) is 11.4. The highest BCUT2D eigenvalue weighted by atomic mass is 19.4. The second-order valence-corrected chi connectivity index (χ2v) is 4.60. The third-order valence-electron chi connectivity index (χ3n) is 3.48. The van der Waals surface area contributed by atoms with Crippen molar-refractivity contribution >= 4 is 0 Å². The summed E-state index contributed by atoms with van der Waals surface area (Å²) >= 11 is 0. The van der Waals surface area contributed by atoms with Gasteiger partial charge in [-0.05, 0) is 37.6 Å². The van der Waals surface area contributed by atoms with E-state index in [4.69, 9.17) is 0 Å². The normalized spacial score (nSPS) is 20.0. The minimum atomic E-state index is -4.00. The zero-order valence-electron chi connectivity index (χ0n) is 9.29. The van der Waals surface area contributed by atoms with Crippen LogP contribution in [0.25, 0.3) is 0 Å². The molecule has 1 N–H and O–H groups in total. The van der Waals surface area contributed by atoms with Gasteiger partial charge in [-0.1, -0.05) is 13.3 Å². The SMILES string of the molecule is CCC1(CNCCCC(F)(F)F)CCC1. The summed E-state index contributed by atoms with van der Waals surface area (Å²) in [6.07, 6.45) is 0.409. The summed E-state index contributed by atoms with van der Waals surface area (Å²) in [5, 5.41) is 3.15. The number of hydrogen-bond acceptors (Lipinski definition) is 1. The summed E-state index contributed by atoms with van der Waals surface area (Å²) in [6.45, 7) is 3.54. The summed E-state index contributed by atoms with van der Waals surface area (Å²) in [7, 11) is 0. The highest BCUT2D eigenvalue weighted by molar-refractivity contribution is 4.88. The number of hydrogen-bond donors (Lipinski definition) is 1. The van der Waals surface area contributed by atoms with Gasteiger partial charge in [-0.3, -0.25) is 0 Å². The van der Waals surface area contributed by atoms with E-state index in [0.717, 1.165) is 13.0 Å². The van der Waals surface area contributed by atoms with Crippen molar-refractivity contribution in [3.8, 4) is 0 Å². The van der Waals surface area contributed by atoms with Gasteiger partial charge in [-0.25, -0.2) is 0 Å².